The van der Waals surface area contributed by atoms with Gasteiger partial charge in [0.1, 0.15) is 11.5 Å². The van der Waals surface area contributed by atoms with Crippen LogP contribution in [0.3, 0.4) is 0 Å². The van der Waals surface area contributed by atoms with Crippen LogP contribution in [-0.2, 0) is 11.3 Å². The summed E-state index contributed by atoms with van der Waals surface area (Å²) in [4.78, 5) is 0. The molecule has 0 saturated carbocycles. The van der Waals surface area contributed by atoms with Crippen molar-refractivity contribution in [1.29, 1.82) is 0 Å². The normalized spacial score (nSPS) is 9.75. The Morgan fingerprint density at radius 3 is 2.75 bits per heavy atom. The Labute approximate surface area is 121 Å². The van der Waals surface area contributed by atoms with Crippen molar-refractivity contribution in [3.63, 3.8) is 0 Å². The van der Waals surface area contributed by atoms with Gasteiger partial charge in [-0.3, -0.25) is 0 Å². The van der Waals surface area contributed by atoms with E-state index in [1.165, 1.54) is 0 Å². The molecule has 1 N–H and O–H groups in total. The zero-order valence-corrected chi connectivity index (χ0v) is 12.5. The van der Waals surface area contributed by atoms with Crippen LogP contribution >= 0.6 is 0 Å². The summed E-state index contributed by atoms with van der Waals surface area (Å²) in [6, 6.07) is 5.83. The Balaban J connectivity index is 2.62. The molecule has 4 nitrogen and oxygen atoms in total. The van der Waals surface area contributed by atoms with Crippen molar-refractivity contribution >= 4 is 0 Å². The lowest BCUT2D eigenvalue weighted by molar-refractivity contribution is 0.199. The minimum absolute atomic E-state index is 0.595. The fraction of sp³-hybridized carbons (Fsp3) is 0.500. The van der Waals surface area contributed by atoms with E-state index in [0.717, 1.165) is 36.6 Å². The highest BCUT2D eigenvalue weighted by Crippen LogP contribution is 2.24. The molecule has 0 heterocycles. The SMILES string of the molecule is CC#CCCOc1ccc(OC)cc1CNCCOC. The smallest absolute Gasteiger partial charge is 0.124 e. The topological polar surface area (TPSA) is 39.7 Å². The first kappa shape index (κ1) is 16.4. The van der Waals surface area contributed by atoms with Crippen LogP contribution in [0.2, 0.25) is 0 Å². The maximum atomic E-state index is 5.77. The van der Waals surface area contributed by atoms with Crippen LogP contribution in [0, 0.1) is 11.8 Å². The highest BCUT2D eigenvalue weighted by molar-refractivity contribution is 5.40. The molecule has 0 aliphatic heterocycles. The van der Waals surface area contributed by atoms with E-state index in [1.54, 1.807) is 14.2 Å². The standard InChI is InChI=1S/C16H23NO3/c1-4-5-6-10-20-16-8-7-15(19-3)12-14(16)13-17-9-11-18-2/h7-8,12,17H,6,9-11,13H2,1-3H3. The first-order valence-electron chi connectivity index (χ1n) is 6.70. The van der Waals surface area contributed by atoms with E-state index in [0.29, 0.717) is 13.2 Å². The molecule has 0 spiro atoms. The molecule has 1 aromatic rings. The van der Waals surface area contributed by atoms with Gasteiger partial charge < -0.3 is 19.5 Å². The van der Waals surface area contributed by atoms with Crippen molar-refractivity contribution in [3.05, 3.63) is 23.8 Å². The number of hydrogen-bond donors (Lipinski definition) is 1. The summed E-state index contributed by atoms with van der Waals surface area (Å²) in [5.74, 6) is 7.54. The molecule has 110 valence electrons. The minimum Gasteiger partial charge on any atom is -0.497 e. The van der Waals surface area contributed by atoms with E-state index in [-0.39, 0.29) is 0 Å². The second-order valence-electron chi connectivity index (χ2n) is 4.17. The van der Waals surface area contributed by atoms with Gasteiger partial charge in [-0.1, -0.05) is 0 Å². The number of nitrogens with one attached hydrogen (secondary N) is 1. The van der Waals surface area contributed by atoms with Crippen LogP contribution < -0.4 is 14.8 Å². The lowest BCUT2D eigenvalue weighted by Crippen LogP contribution is -2.19. The minimum atomic E-state index is 0.595. The number of rotatable bonds is 9. The number of methoxy groups -OCH3 is 2. The van der Waals surface area contributed by atoms with Crippen molar-refractivity contribution in [2.45, 2.75) is 19.9 Å². The van der Waals surface area contributed by atoms with Gasteiger partial charge in [0.05, 0.1) is 20.3 Å². The molecule has 0 amide bonds. The second-order valence-corrected chi connectivity index (χ2v) is 4.17. The van der Waals surface area contributed by atoms with Crippen LogP contribution in [0.1, 0.15) is 18.9 Å². The van der Waals surface area contributed by atoms with Crippen LogP contribution in [-0.4, -0.2) is 34.0 Å². The van der Waals surface area contributed by atoms with Crippen molar-refractivity contribution < 1.29 is 14.2 Å². The molecular weight excluding hydrogens is 254 g/mol. The van der Waals surface area contributed by atoms with Crippen molar-refractivity contribution in [3.8, 4) is 23.3 Å². The molecule has 1 aromatic carbocycles. The van der Waals surface area contributed by atoms with Gasteiger partial charge in [-0.25, -0.2) is 0 Å². The molecule has 0 saturated heterocycles. The molecule has 0 aromatic heterocycles. The summed E-state index contributed by atoms with van der Waals surface area (Å²) in [5.41, 5.74) is 1.07. The Morgan fingerprint density at radius 2 is 2.05 bits per heavy atom. The summed E-state index contributed by atoms with van der Waals surface area (Å²) in [6.45, 7) is 4.63. The van der Waals surface area contributed by atoms with Gasteiger partial charge in [-0.2, -0.15) is 0 Å². The van der Waals surface area contributed by atoms with Gasteiger partial charge in [-0.15, -0.1) is 11.8 Å². The lowest BCUT2D eigenvalue weighted by atomic mass is 10.2. The molecule has 0 bridgehead atoms. The number of hydrogen-bond acceptors (Lipinski definition) is 4. The molecule has 0 aliphatic rings. The van der Waals surface area contributed by atoms with E-state index < -0.39 is 0 Å². The Hall–Kier alpha value is -1.70. The second kappa shape index (κ2) is 10.1. The molecule has 4 heteroatoms. The molecule has 0 radical (unpaired) electrons. The third kappa shape index (κ3) is 5.96. The quantitative estimate of drug-likeness (QED) is 0.555. The van der Waals surface area contributed by atoms with Crippen molar-refractivity contribution in [1.82, 2.24) is 5.32 Å². The predicted molar refractivity (Wildman–Crippen MR) is 80.1 cm³/mol. The van der Waals surface area contributed by atoms with Crippen LogP contribution in [0.5, 0.6) is 11.5 Å². The van der Waals surface area contributed by atoms with Gasteiger partial charge in [0.15, 0.2) is 0 Å². The first-order valence-corrected chi connectivity index (χ1v) is 6.70. The van der Waals surface area contributed by atoms with Gasteiger partial charge in [0, 0.05) is 32.2 Å². The van der Waals surface area contributed by atoms with Gasteiger partial charge in [-0.05, 0) is 25.1 Å². The highest BCUT2D eigenvalue weighted by Gasteiger charge is 2.05. The predicted octanol–water partition coefficient (Wildman–Crippen LogP) is 2.22. The Morgan fingerprint density at radius 1 is 1.20 bits per heavy atom. The van der Waals surface area contributed by atoms with Crippen molar-refractivity contribution in [2.75, 3.05) is 34.0 Å². The van der Waals surface area contributed by atoms with Crippen LogP contribution in [0.15, 0.2) is 18.2 Å². The summed E-state index contributed by atoms with van der Waals surface area (Å²) < 4.78 is 16.0. The number of benzene rings is 1. The Kier molecular flexibility index (Phi) is 8.28. The van der Waals surface area contributed by atoms with E-state index in [9.17, 15) is 0 Å². The molecule has 20 heavy (non-hydrogen) atoms. The zero-order chi connectivity index (χ0) is 14.6. The summed E-state index contributed by atoms with van der Waals surface area (Å²) in [5, 5.41) is 3.31. The average molecular weight is 277 g/mol. The molecule has 0 atom stereocenters. The van der Waals surface area contributed by atoms with E-state index in [4.69, 9.17) is 14.2 Å². The fourth-order valence-electron chi connectivity index (χ4n) is 1.70. The van der Waals surface area contributed by atoms with Crippen molar-refractivity contribution in [2.24, 2.45) is 0 Å². The molecule has 0 aliphatic carbocycles. The van der Waals surface area contributed by atoms with E-state index in [2.05, 4.69) is 17.2 Å². The average Bonchev–Trinajstić information content (AvgIpc) is 2.49. The summed E-state index contributed by atoms with van der Waals surface area (Å²) >= 11 is 0. The molecule has 0 unspecified atom stereocenters. The maximum absolute atomic E-state index is 5.77. The van der Waals surface area contributed by atoms with Crippen LogP contribution in [0.4, 0.5) is 0 Å². The lowest BCUT2D eigenvalue weighted by Gasteiger charge is -2.13. The van der Waals surface area contributed by atoms with Crippen LogP contribution in [0.25, 0.3) is 0 Å². The first-order chi connectivity index (χ1) is 9.81. The van der Waals surface area contributed by atoms with Gasteiger partial charge in [0.25, 0.3) is 0 Å². The monoisotopic (exact) mass is 277 g/mol. The largest absolute Gasteiger partial charge is 0.497 e. The molecule has 1 rings (SSSR count). The molecular formula is C16H23NO3. The Bertz CT molecular complexity index is 449. The number of ether oxygens (including phenoxy) is 3. The highest BCUT2D eigenvalue weighted by atomic mass is 16.5. The fourth-order valence-corrected chi connectivity index (χ4v) is 1.70. The zero-order valence-electron chi connectivity index (χ0n) is 12.5. The van der Waals surface area contributed by atoms with E-state index in [1.807, 2.05) is 25.1 Å². The third-order valence-electron chi connectivity index (χ3n) is 2.73. The maximum Gasteiger partial charge on any atom is 0.124 e. The summed E-state index contributed by atoms with van der Waals surface area (Å²) in [6.07, 6.45) is 0.735. The molecule has 0 fully saturated rings. The van der Waals surface area contributed by atoms with E-state index >= 15 is 0 Å². The van der Waals surface area contributed by atoms with Gasteiger partial charge in [0.2, 0.25) is 0 Å². The summed E-state index contributed by atoms with van der Waals surface area (Å²) in [7, 11) is 3.35. The van der Waals surface area contributed by atoms with Gasteiger partial charge >= 0.3 is 0 Å². The third-order valence-corrected chi connectivity index (χ3v) is 2.73.